The highest BCUT2D eigenvalue weighted by molar-refractivity contribution is 5.82. The maximum atomic E-state index is 11.6. The first kappa shape index (κ1) is 14.9. The highest BCUT2D eigenvalue weighted by Crippen LogP contribution is 2.31. The third-order valence-corrected chi connectivity index (χ3v) is 2.89. The quantitative estimate of drug-likeness (QED) is 0.560. The Kier molecular flexibility index (Phi) is 5.29. The van der Waals surface area contributed by atoms with Crippen molar-refractivity contribution in [3.63, 3.8) is 0 Å². The third kappa shape index (κ3) is 3.94. The molecule has 0 N–H and O–H groups in total. The van der Waals surface area contributed by atoms with E-state index in [2.05, 4.69) is 0 Å². The highest BCUT2D eigenvalue weighted by Gasteiger charge is 2.15. The molecule has 0 bridgehead atoms. The van der Waals surface area contributed by atoms with Crippen LogP contribution in [0.5, 0.6) is 11.5 Å². The molecule has 0 saturated carbocycles. The normalized spacial score (nSPS) is 11.7. The van der Waals surface area contributed by atoms with Gasteiger partial charge in [0.25, 0.3) is 5.69 Å². The molecule has 0 spiro atoms. The summed E-state index contributed by atoms with van der Waals surface area (Å²) < 4.78 is 10.4. The highest BCUT2D eigenvalue weighted by atomic mass is 16.6. The van der Waals surface area contributed by atoms with Crippen LogP contribution in [-0.4, -0.2) is 24.4 Å². The lowest BCUT2D eigenvalue weighted by Crippen LogP contribution is -2.18. The molecule has 0 saturated heterocycles. The van der Waals surface area contributed by atoms with Gasteiger partial charge in [0.1, 0.15) is 6.61 Å². The molecule has 6 heteroatoms. The fourth-order valence-corrected chi connectivity index (χ4v) is 1.41. The molecule has 1 atom stereocenters. The summed E-state index contributed by atoms with van der Waals surface area (Å²) in [5, 5.41) is 10.6. The largest absolute Gasteiger partial charge is 0.493 e. The van der Waals surface area contributed by atoms with E-state index < -0.39 is 4.92 Å². The number of non-ortho nitro benzene ring substituents is 1. The van der Waals surface area contributed by atoms with Crippen LogP contribution in [0.2, 0.25) is 0 Å². The van der Waals surface area contributed by atoms with Gasteiger partial charge in [-0.15, -0.1) is 0 Å². The van der Waals surface area contributed by atoms with Crippen molar-refractivity contribution in [1.29, 1.82) is 0 Å². The summed E-state index contributed by atoms with van der Waals surface area (Å²) in [6, 6.07) is 4.01. The minimum absolute atomic E-state index is 0.0112. The zero-order valence-electron chi connectivity index (χ0n) is 11.2. The number of carbonyl (C=O) groups excluding carboxylic acids is 1. The first-order chi connectivity index (χ1) is 8.99. The minimum atomic E-state index is -0.517. The molecule has 0 amide bonds. The zero-order chi connectivity index (χ0) is 14.4. The van der Waals surface area contributed by atoms with Gasteiger partial charge in [0, 0.05) is 12.0 Å². The number of ether oxygens (including phenoxy) is 2. The maximum Gasteiger partial charge on any atom is 0.273 e. The Morgan fingerprint density at radius 3 is 2.63 bits per heavy atom. The van der Waals surface area contributed by atoms with Crippen LogP contribution in [0.15, 0.2) is 18.2 Å². The molecule has 6 nitrogen and oxygen atoms in total. The second-order valence-corrected chi connectivity index (χ2v) is 4.16. The standard InChI is InChI=1S/C13H17NO5/c1-4-9(2)11(15)8-19-12-6-5-10(14(16)17)7-13(12)18-3/h5-7,9H,4,8H2,1-3H3. The van der Waals surface area contributed by atoms with Gasteiger partial charge in [-0.3, -0.25) is 14.9 Å². The molecule has 19 heavy (non-hydrogen) atoms. The Bertz CT molecular complexity index is 472. The van der Waals surface area contributed by atoms with Crippen LogP contribution < -0.4 is 9.47 Å². The Hall–Kier alpha value is -2.11. The molecule has 0 aliphatic rings. The first-order valence-electron chi connectivity index (χ1n) is 5.97. The number of nitro groups is 1. The number of carbonyl (C=O) groups is 1. The van der Waals surface area contributed by atoms with Gasteiger partial charge in [-0.25, -0.2) is 0 Å². The molecule has 0 radical (unpaired) electrons. The van der Waals surface area contributed by atoms with E-state index in [-0.39, 0.29) is 29.7 Å². The summed E-state index contributed by atoms with van der Waals surface area (Å²) in [6.45, 7) is 3.69. The summed E-state index contributed by atoms with van der Waals surface area (Å²) >= 11 is 0. The SMILES string of the molecule is CCC(C)C(=O)COc1ccc([N+](=O)[O-])cc1OC. The molecule has 104 valence electrons. The van der Waals surface area contributed by atoms with Gasteiger partial charge >= 0.3 is 0 Å². The van der Waals surface area contributed by atoms with Crippen molar-refractivity contribution in [3.05, 3.63) is 28.3 Å². The second-order valence-electron chi connectivity index (χ2n) is 4.16. The molecule has 0 fully saturated rings. The second kappa shape index (κ2) is 6.72. The van der Waals surface area contributed by atoms with E-state index in [0.717, 1.165) is 6.42 Å². The average Bonchev–Trinajstić information content (AvgIpc) is 2.43. The van der Waals surface area contributed by atoms with Gasteiger partial charge in [0.15, 0.2) is 17.3 Å². The van der Waals surface area contributed by atoms with E-state index in [9.17, 15) is 14.9 Å². The number of nitrogens with zero attached hydrogens (tertiary/aromatic N) is 1. The summed E-state index contributed by atoms with van der Waals surface area (Å²) in [6.07, 6.45) is 0.750. The number of ketones is 1. The molecule has 0 aromatic heterocycles. The summed E-state index contributed by atoms with van der Waals surface area (Å²) in [5.41, 5.74) is -0.0857. The summed E-state index contributed by atoms with van der Waals surface area (Å²) in [7, 11) is 1.39. The van der Waals surface area contributed by atoms with Crippen LogP contribution in [0, 0.1) is 16.0 Å². The average molecular weight is 267 g/mol. The van der Waals surface area contributed by atoms with E-state index in [0.29, 0.717) is 5.75 Å². The Morgan fingerprint density at radius 2 is 2.11 bits per heavy atom. The molecule has 0 aliphatic carbocycles. The molecule has 1 unspecified atom stereocenters. The van der Waals surface area contributed by atoms with E-state index >= 15 is 0 Å². The van der Waals surface area contributed by atoms with Crippen molar-refractivity contribution in [3.8, 4) is 11.5 Å². The summed E-state index contributed by atoms with van der Waals surface area (Å²) in [4.78, 5) is 21.8. The van der Waals surface area contributed by atoms with E-state index in [4.69, 9.17) is 9.47 Å². The van der Waals surface area contributed by atoms with Gasteiger partial charge in [-0.2, -0.15) is 0 Å². The predicted molar refractivity (Wildman–Crippen MR) is 69.6 cm³/mol. The van der Waals surface area contributed by atoms with Crippen molar-refractivity contribution >= 4 is 11.5 Å². The Balaban J connectivity index is 2.78. The van der Waals surface area contributed by atoms with E-state index in [1.54, 1.807) is 0 Å². The van der Waals surface area contributed by atoms with Crippen LogP contribution in [0.4, 0.5) is 5.69 Å². The monoisotopic (exact) mass is 267 g/mol. The minimum Gasteiger partial charge on any atom is -0.493 e. The molecule has 1 rings (SSSR count). The fraction of sp³-hybridized carbons (Fsp3) is 0.462. The third-order valence-electron chi connectivity index (χ3n) is 2.89. The number of benzene rings is 1. The number of nitro benzene ring substituents is 1. The molecule has 0 aliphatic heterocycles. The lowest BCUT2D eigenvalue weighted by Gasteiger charge is -2.11. The Morgan fingerprint density at radius 1 is 1.42 bits per heavy atom. The number of hydrogen-bond donors (Lipinski definition) is 0. The molecular weight excluding hydrogens is 250 g/mol. The van der Waals surface area contributed by atoms with Gasteiger partial charge < -0.3 is 9.47 Å². The number of methoxy groups -OCH3 is 1. The first-order valence-corrected chi connectivity index (χ1v) is 5.97. The van der Waals surface area contributed by atoms with Crippen molar-refractivity contribution in [2.75, 3.05) is 13.7 Å². The van der Waals surface area contributed by atoms with Gasteiger partial charge in [0.2, 0.25) is 0 Å². The van der Waals surface area contributed by atoms with Crippen molar-refractivity contribution in [2.45, 2.75) is 20.3 Å². The molecular formula is C13H17NO5. The smallest absolute Gasteiger partial charge is 0.273 e. The molecule has 1 aromatic carbocycles. The van der Waals surface area contributed by atoms with Crippen molar-refractivity contribution in [1.82, 2.24) is 0 Å². The molecule has 1 aromatic rings. The van der Waals surface area contributed by atoms with E-state index in [1.807, 2.05) is 13.8 Å². The number of Topliss-reactive ketones (excluding diaryl/α,β-unsaturated/α-hetero) is 1. The maximum absolute atomic E-state index is 11.6. The number of hydrogen-bond acceptors (Lipinski definition) is 5. The van der Waals surface area contributed by atoms with Crippen LogP contribution in [0.1, 0.15) is 20.3 Å². The fourth-order valence-electron chi connectivity index (χ4n) is 1.41. The van der Waals surface area contributed by atoms with Crippen LogP contribution in [-0.2, 0) is 4.79 Å². The lowest BCUT2D eigenvalue weighted by molar-refractivity contribution is -0.384. The van der Waals surface area contributed by atoms with Crippen molar-refractivity contribution < 1.29 is 19.2 Å². The van der Waals surface area contributed by atoms with Gasteiger partial charge in [0.05, 0.1) is 18.1 Å². The summed E-state index contributed by atoms with van der Waals surface area (Å²) in [5.74, 6) is 0.489. The van der Waals surface area contributed by atoms with Crippen molar-refractivity contribution in [2.24, 2.45) is 5.92 Å². The van der Waals surface area contributed by atoms with Gasteiger partial charge in [-0.1, -0.05) is 13.8 Å². The molecule has 0 heterocycles. The van der Waals surface area contributed by atoms with Crippen LogP contribution >= 0.6 is 0 Å². The number of rotatable bonds is 7. The zero-order valence-corrected chi connectivity index (χ0v) is 11.2. The van der Waals surface area contributed by atoms with Crippen LogP contribution in [0.3, 0.4) is 0 Å². The predicted octanol–water partition coefficient (Wildman–Crippen LogP) is 2.60. The van der Waals surface area contributed by atoms with Gasteiger partial charge in [-0.05, 0) is 12.5 Å². The van der Waals surface area contributed by atoms with Crippen LogP contribution in [0.25, 0.3) is 0 Å². The lowest BCUT2D eigenvalue weighted by atomic mass is 10.0. The topological polar surface area (TPSA) is 78.7 Å². The van der Waals surface area contributed by atoms with E-state index in [1.165, 1.54) is 25.3 Å². The Labute approximate surface area is 111 Å².